The highest BCUT2D eigenvalue weighted by Gasteiger charge is 2.19. The minimum atomic E-state index is 0.0619. The van der Waals surface area contributed by atoms with Crippen LogP contribution in [0.4, 0.5) is 0 Å². The van der Waals surface area contributed by atoms with Gasteiger partial charge in [-0.1, -0.05) is 49.9 Å². The molecule has 0 spiro atoms. The molecule has 0 N–H and O–H groups in total. The number of rotatable bonds is 8. The van der Waals surface area contributed by atoms with Gasteiger partial charge < -0.3 is 9.32 Å². The Labute approximate surface area is 169 Å². The zero-order valence-corrected chi connectivity index (χ0v) is 17.6. The van der Waals surface area contributed by atoms with Gasteiger partial charge >= 0.3 is 0 Å². The number of amides is 1. The van der Waals surface area contributed by atoms with E-state index in [2.05, 4.69) is 43.1 Å². The third-order valence-electron chi connectivity index (χ3n) is 4.43. The molecule has 3 rings (SSSR count). The van der Waals surface area contributed by atoms with Crippen molar-refractivity contribution in [3.8, 4) is 11.6 Å². The number of benzene rings is 1. The van der Waals surface area contributed by atoms with E-state index in [4.69, 9.17) is 4.42 Å². The lowest BCUT2D eigenvalue weighted by molar-refractivity contribution is -0.127. The van der Waals surface area contributed by atoms with E-state index in [1.165, 1.54) is 17.3 Å². The Morgan fingerprint density at radius 3 is 2.68 bits per heavy atom. The van der Waals surface area contributed by atoms with E-state index < -0.39 is 0 Å². The quantitative estimate of drug-likeness (QED) is 0.531. The van der Waals surface area contributed by atoms with Gasteiger partial charge in [-0.15, -0.1) is 10.2 Å². The lowest BCUT2D eigenvalue weighted by Crippen LogP contribution is -2.28. The number of aromatic nitrogens is 3. The van der Waals surface area contributed by atoms with E-state index in [0.717, 1.165) is 17.3 Å². The number of carbonyl (C=O) groups excluding carboxylic acids is 1. The number of thioether (sulfide) groups is 1. The molecule has 0 radical (unpaired) electrons. The fraction of sp³-hybridized carbons (Fsp3) is 0.381. The molecule has 28 heavy (non-hydrogen) atoms. The van der Waals surface area contributed by atoms with Gasteiger partial charge in [0.15, 0.2) is 16.7 Å². The van der Waals surface area contributed by atoms with Gasteiger partial charge in [0.25, 0.3) is 0 Å². The van der Waals surface area contributed by atoms with Crippen LogP contribution in [0.1, 0.15) is 25.0 Å². The van der Waals surface area contributed by atoms with Gasteiger partial charge in [-0.3, -0.25) is 9.36 Å². The van der Waals surface area contributed by atoms with Crippen LogP contribution in [0.25, 0.3) is 11.6 Å². The minimum Gasteiger partial charge on any atom is -0.461 e. The van der Waals surface area contributed by atoms with Gasteiger partial charge in [0.05, 0.1) is 12.0 Å². The van der Waals surface area contributed by atoms with Crippen LogP contribution in [0.2, 0.25) is 0 Å². The predicted molar refractivity (Wildman–Crippen MR) is 111 cm³/mol. The first-order chi connectivity index (χ1) is 13.5. The number of hydrogen-bond donors (Lipinski definition) is 0. The second kappa shape index (κ2) is 9.10. The molecule has 0 atom stereocenters. The van der Waals surface area contributed by atoms with Crippen LogP contribution in [0, 0.1) is 12.8 Å². The van der Waals surface area contributed by atoms with Crippen molar-refractivity contribution in [3.63, 3.8) is 0 Å². The molecule has 2 aromatic heterocycles. The van der Waals surface area contributed by atoms with Gasteiger partial charge in [0.1, 0.15) is 0 Å². The second-order valence-electron chi connectivity index (χ2n) is 7.25. The third kappa shape index (κ3) is 4.84. The van der Waals surface area contributed by atoms with Crippen molar-refractivity contribution in [2.45, 2.75) is 39.0 Å². The zero-order valence-electron chi connectivity index (χ0n) is 16.8. The van der Waals surface area contributed by atoms with Gasteiger partial charge in [-0.05, 0) is 36.1 Å². The fourth-order valence-corrected chi connectivity index (χ4v) is 3.77. The molecule has 0 saturated heterocycles. The molecule has 0 fully saturated rings. The number of furan rings is 1. The summed E-state index contributed by atoms with van der Waals surface area (Å²) in [4.78, 5) is 14.4. The number of nitrogens with zero attached hydrogens (tertiary/aromatic N) is 4. The van der Waals surface area contributed by atoms with Gasteiger partial charge in [0.2, 0.25) is 5.91 Å². The normalized spacial score (nSPS) is 11.2. The molecule has 1 amide bonds. The van der Waals surface area contributed by atoms with Gasteiger partial charge in [0, 0.05) is 20.1 Å². The minimum absolute atomic E-state index is 0.0619. The van der Waals surface area contributed by atoms with Crippen molar-refractivity contribution in [1.82, 2.24) is 19.7 Å². The van der Waals surface area contributed by atoms with Crippen molar-refractivity contribution >= 4 is 17.7 Å². The maximum absolute atomic E-state index is 12.6. The highest BCUT2D eigenvalue weighted by atomic mass is 32.2. The molecule has 0 unspecified atom stereocenters. The summed E-state index contributed by atoms with van der Waals surface area (Å²) < 4.78 is 7.52. The summed E-state index contributed by atoms with van der Waals surface area (Å²) >= 11 is 1.41. The molecule has 0 aliphatic rings. The largest absolute Gasteiger partial charge is 0.461 e. The molecule has 0 aliphatic heterocycles. The summed E-state index contributed by atoms with van der Waals surface area (Å²) in [6, 6.07) is 11.8. The Hall–Kier alpha value is -2.54. The van der Waals surface area contributed by atoms with Crippen molar-refractivity contribution in [1.29, 1.82) is 0 Å². The first kappa shape index (κ1) is 20.2. The first-order valence-electron chi connectivity index (χ1n) is 9.34. The smallest absolute Gasteiger partial charge is 0.233 e. The lowest BCUT2D eigenvalue weighted by Gasteiger charge is -2.18. The average Bonchev–Trinajstić information content (AvgIpc) is 3.31. The number of hydrogen-bond acceptors (Lipinski definition) is 5. The predicted octanol–water partition coefficient (Wildman–Crippen LogP) is 4.25. The molecule has 7 heteroatoms. The van der Waals surface area contributed by atoms with E-state index in [9.17, 15) is 4.79 Å². The van der Waals surface area contributed by atoms with Crippen molar-refractivity contribution in [3.05, 3.63) is 53.8 Å². The topological polar surface area (TPSA) is 64.2 Å². The summed E-state index contributed by atoms with van der Waals surface area (Å²) in [5, 5.41) is 9.32. The molecule has 148 valence electrons. The van der Waals surface area contributed by atoms with Crippen molar-refractivity contribution in [2.24, 2.45) is 5.92 Å². The van der Waals surface area contributed by atoms with Gasteiger partial charge in [-0.2, -0.15) is 0 Å². The second-order valence-corrected chi connectivity index (χ2v) is 8.20. The summed E-state index contributed by atoms with van der Waals surface area (Å²) in [6.07, 6.45) is 1.63. The lowest BCUT2D eigenvalue weighted by atomic mass is 10.1. The Morgan fingerprint density at radius 2 is 2.00 bits per heavy atom. The Kier molecular flexibility index (Phi) is 6.57. The molecule has 1 aromatic carbocycles. The maximum Gasteiger partial charge on any atom is 0.233 e. The number of carbonyl (C=O) groups is 1. The van der Waals surface area contributed by atoms with Crippen LogP contribution in [-0.4, -0.2) is 38.4 Å². The summed E-state index contributed by atoms with van der Waals surface area (Å²) in [5.41, 5.74) is 2.35. The standard InChI is InChI=1S/C21H26N4O2S/c1-15(2)12-25-20(18-10-7-11-27-18)22-23-21(25)28-14-19(26)24(4)13-17-9-6-5-8-16(17)3/h5-11,15H,12-14H2,1-4H3. The molecule has 0 saturated carbocycles. The highest BCUT2D eigenvalue weighted by molar-refractivity contribution is 7.99. The third-order valence-corrected chi connectivity index (χ3v) is 5.38. The van der Waals surface area contributed by atoms with Gasteiger partial charge in [-0.25, -0.2) is 0 Å². The fourth-order valence-electron chi connectivity index (χ4n) is 2.88. The average molecular weight is 399 g/mol. The molecular formula is C21H26N4O2S. The summed E-state index contributed by atoms with van der Waals surface area (Å²) in [5.74, 6) is 2.18. The molecule has 2 heterocycles. The Balaban J connectivity index is 1.68. The van der Waals surface area contributed by atoms with Crippen LogP contribution in [0.5, 0.6) is 0 Å². The van der Waals surface area contributed by atoms with E-state index in [1.54, 1.807) is 11.2 Å². The Bertz CT molecular complexity index is 918. The Morgan fingerprint density at radius 1 is 1.21 bits per heavy atom. The number of aryl methyl sites for hydroxylation is 1. The van der Waals surface area contributed by atoms with Crippen LogP contribution in [0.3, 0.4) is 0 Å². The zero-order chi connectivity index (χ0) is 20.1. The van der Waals surface area contributed by atoms with E-state index in [0.29, 0.717) is 29.8 Å². The first-order valence-corrected chi connectivity index (χ1v) is 10.3. The molecular weight excluding hydrogens is 372 g/mol. The maximum atomic E-state index is 12.6. The van der Waals surface area contributed by atoms with Crippen LogP contribution < -0.4 is 0 Å². The molecule has 6 nitrogen and oxygen atoms in total. The van der Waals surface area contributed by atoms with Crippen molar-refractivity contribution in [2.75, 3.05) is 12.8 Å². The van der Waals surface area contributed by atoms with Crippen LogP contribution in [-0.2, 0) is 17.9 Å². The van der Waals surface area contributed by atoms with E-state index >= 15 is 0 Å². The van der Waals surface area contributed by atoms with Crippen molar-refractivity contribution < 1.29 is 9.21 Å². The molecule has 0 bridgehead atoms. The summed E-state index contributed by atoms with van der Waals surface area (Å²) in [6.45, 7) is 7.71. The summed E-state index contributed by atoms with van der Waals surface area (Å²) in [7, 11) is 1.84. The SMILES string of the molecule is Cc1ccccc1CN(C)C(=O)CSc1nnc(-c2ccco2)n1CC(C)C. The van der Waals surface area contributed by atoms with E-state index in [-0.39, 0.29) is 5.91 Å². The van der Waals surface area contributed by atoms with Crippen LogP contribution >= 0.6 is 11.8 Å². The van der Waals surface area contributed by atoms with Crippen LogP contribution in [0.15, 0.2) is 52.2 Å². The monoisotopic (exact) mass is 398 g/mol. The van der Waals surface area contributed by atoms with E-state index in [1.807, 2.05) is 35.9 Å². The highest BCUT2D eigenvalue weighted by Crippen LogP contribution is 2.25. The molecule has 0 aliphatic carbocycles. The molecule has 3 aromatic rings.